The molecule has 214 valence electrons. The van der Waals surface area contributed by atoms with E-state index in [4.69, 9.17) is 20.2 Å². The van der Waals surface area contributed by atoms with Crippen LogP contribution >= 0.6 is 0 Å². The van der Waals surface area contributed by atoms with Crippen LogP contribution in [-0.4, -0.2) is 39.9 Å². The van der Waals surface area contributed by atoms with E-state index in [2.05, 4.69) is 10.2 Å². The second-order valence-corrected chi connectivity index (χ2v) is 11.1. The second kappa shape index (κ2) is 10.4. The van der Waals surface area contributed by atoms with Gasteiger partial charge in [-0.1, -0.05) is 6.92 Å². The lowest BCUT2D eigenvalue weighted by atomic mass is 9.78. The van der Waals surface area contributed by atoms with E-state index in [1.165, 1.54) is 51.3 Å². The summed E-state index contributed by atoms with van der Waals surface area (Å²) in [7, 11) is 1.47. The number of carbonyl (C=O) groups is 1. The third-order valence-corrected chi connectivity index (χ3v) is 7.96. The number of benzene rings is 2. The maximum Gasteiger partial charge on any atom is 0.248 e. The van der Waals surface area contributed by atoms with Gasteiger partial charge in [-0.15, -0.1) is 5.10 Å². The molecule has 0 aliphatic carbocycles. The van der Waals surface area contributed by atoms with Gasteiger partial charge in [-0.05, 0) is 81.1 Å². The van der Waals surface area contributed by atoms with Crippen molar-refractivity contribution in [2.45, 2.75) is 51.7 Å². The lowest BCUT2D eigenvalue weighted by Gasteiger charge is -2.35. The van der Waals surface area contributed by atoms with E-state index >= 15 is 4.39 Å². The number of methoxy groups -OCH3 is 1. The molecule has 4 aromatic rings. The highest BCUT2D eigenvalue weighted by molar-refractivity contribution is 6.00. The topological polar surface area (TPSA) is 120 Å². The molecular weight excluding hydrogens is 530 g/mol. The van der Waals surface area contributed by atoms with Crippen LogP contribution in [0.1, 0.15) is 60.1 Å². The van der Waals surface area contributed by atoms with Crippen molar-refractivity contribution in [3.63, 3.8) is 0 Å². The SMILES string of the molecule is COc1cc(C(N)=O)cc2c(CC3(c4cc(C(C)(C)O)c(F)c(-c5ccc(F)cc5)n4)OCCC3C)c(C)nnc12. The maximum atomic E-state index is 15.9. The third-order valence-electron chi connectivity index (χ3n) is 7.96. The fourth-order valence-corrected chi connectivity index (χ4v) is 5.53. The summed E-state index contributed by atoms with van der Waals surface area (Å²) in [6, 6.07) is 10.1. The quantitative estimate of drug-likeness (QED) is 0.321. The first-order chi connectivity index (χ1) is 19.4. The summed E-state index contributed by atoms with van der Waals surface area (Å²) >= 11 is 0. The Morgan fingerprint density at radius 1 is 1.20 bits per heavy atom. The molecule has 0 radical (unpaired) electrons. The summed E-state index contributed by atoms with van der Waals surface area (Å²) in [5.74, 6) is -1.51. The molecule has 5 rings (SSSR count). The average molecular weight is 563 g/mol. The molecule has 3 heterocycles. The van der Waals surface area contributed by atoms with E-state index in [-0.39, 0.29) is 29.2 Å². The van der Waals surface area contributed by atoms with Gasteiger partial charge in [0.25, 0.3) is 0 Å². The van der Waals surface area contributed by atoms with Crippen LogP contribution in [0.25, 0.3) is 22.2 Å². The van der Waals surface area contributed by atoms with E-state index < -0.39 is 28.7 Å². The molecule has 2 unspecified atom stereocenters. The van der Waals surface area contributed by atoms with Crippen molar-refractivity contribution in [2.24, 2.45) is 11.7 Å². The van der Waals surface area contributed by atoms with Crippen LogP contribution in [0.2, 0.25) is 0 Å². The molecule has 3 N–H and O–H groups in total. The summed E-state index contributed by atoms with van der Waals surface area (Å²) in [6.07, 6.45) is 0.957. The van der Waals surface area contributed by atoms with Crippen molar-refractivity contribution in [1.82, 2.24) is 15.2 Å². The van der Waals surface area contributed by atoms with E-state index in [1.54, 1.807) is 12.1 Å². The van der Waals surface area contributed by atoms with Gasteiger partial charge in [0.05, 0.1) is 24.1 Å². The molecule has 10 heteroatoms. The fourth-order valence-electron chi connectivity index (χ4n) is 5.53. The van der Waals surface area contributed by atoms with Crippen LogP contribution in [-0.2, 0) is 22.4 Å². The number of rotatable bonds is 7. The number of fused-ring (bicyclic) bond motifs is 1. The molecular formula is C31H32F2N4O4. The van der Waals surface area contributed by atoms with Crippen LogP contribution in [0.3, 0.4) is 0 Å². The zero-order valence-corrected chi connectivity index (χ0v) is 23.6. The Morgan fingerprint density at radius 2 is 1.90 bits per heavy atom. The average Bonchev–Trinajstić information content (AvgIpc) is 3.30. The highest BCUT2D eigenvalue weighted by Gasteiger charge is 2.46. The molecule has 1 fully saturated rings. The van der Waals surface area contributed by atoms with E-state index in [0.29, 0.717) is 46.6 Å². The van der Waals surface area contributed by atoms with Crippen molar-refractivity contribution < 1.29 is 28.2 Å². The molecule has 0 spiro atoms. The van der Waals surface area contributed by atoms with Crippen molar-refractivity contribution >= 4 is 16.8 Å². The van der Waals surface area contributed by atoms with E-state index in [1.807, 2.05) is 13.8 Å². The molecule has 1 saturated heterocycles. The monoisotopic (exact) mass is 562 g/mol. The van der Waals surface area contributed by atoms with Gasteiger partial charge < -0.3 is 20.3 Å². The predicted octanol–water partition coefficient (Wildman–Crippen LogP) is 5.11. The van der Waals surface area contributed by atoms with Gasteiger partial charge in [0, 0.05) is 35.1 Å². The highest BCUT2D eigenvalue weighted by atomic mass is 19.1. The predicted molar refractivity (Wildman–Crippen MR) is 149 cm³/mol. The van der Waals surface area contributed by atoms with Gasteiger partial charge in [-0.3, -0.25) is 4.79 Å². The number of nitrogens with two attached hydrogens (primary N) is 1. The zero-order chi connectivity index (χ0) is 29.7. The zero-order valence-electron chi connectivity index (χ0n) is 23.6. The number of halogens is 2. The van der Waals surface area contributed by atoms with Gasteiger partial charge in [0.1, 0.15) is 28.4 Å². The largest absolute Gasteiger partial charge is 0.494 e. The Balaban J connectivity index is 1.78. The molecule has 0 bridgehead atoms. The molecule has 1 aliphatic rings. The number of carbonyl (C=O) groups excluding carboxylic acids is 1. The van der Waals surface area contributed by atoms with Crippen LogP contribution in [0.5, 0.6) is 5.75 Å². The number of amides is 1. The molecule has 1 aliphatic heterocycles. The number of aromatic nitrogens is 3. The molecule has 41 heavy (non-hydrogen) atoms. The Hall–Kier alpha value is -4.02. The number of aliphatic hydroxyl groups is 1. The number of hydrogen-bond acceptors (Lipinski definition) is 7. The summed E-state index contributed by atoms with van der Waals surface area (Å²) in [5.41, 5.74) is 5.86. The van der Waals surface area contributed by atoms with Gasteiger partial charge in [0.2, 0.25) is 5.91 Å². The Labute approximate surface area is 236 Å². The first-order valence-electron chi connectivity index (χ1n) is 13.3. The first kappa shape index (κ1) is 28.5. The lowest BCUT2D eigenvalue weighted by molar-refractivity contribution is -0.0265. The second-order valence-electron chi connectivity index (χ2n) is 11.1. The number of primary amides is 1. The van der Waals surface area contributed by atoms with Gasteiger partial charge in [-0.2, -0.15) is 5.10 Å². The Morgan fingerprint density at radius 3 is 2.49 bits per heavy atom. The highest BCUT2D eigenvalue weighted by Crippen LogP contribution is 2.46. The molecule has 1 amide bonds. The normalized spacial score (nSPS) is 19.1. The first-order valence-corrected chi connectivity index (χ1v) is 13.3. The number of nitrogens with zero attached hydrogens (tertiary/aromatic N) is 3. The van der Waals surface area contributed by atoms with E-state index in [0.717, 1.165) is 5.56 Å². The van der Waals surface area contributed by atoms with Gasteiger partial charge >= 0.3 is 0 Å². The standard InChI is InChI=1S/C31H32F2N4O4/c1-16-10-11-41-31(16,15-22-17(2)36-37-28-21(22)12-19(29(34)38)13-24(28)40-5)25-14-23(30(3,4)39)26(33)27(35-25)18-6-8-20(32)9-7-18/h6-9,12-14,16,39H,10-11,15H2,1-5H3,(H2,34,38). The van der Waals surface area contributed by atoms with Crippen molar-refractivity contribution in [1.29, 1.82) is 0 Å². The van der Waals surface area contributed by atoms with Crippen LogP contribution in [0.4, 0.5) is 8.78 Å². The van der Waals surface area contributed by atoms with Gasteiger partial charge in [-0.25, -0.2) is 13.8 Å². The summed E-state index contributed by atoms with van der Waals surface area (Å²) in [5, 5.41) is 20.3. The number of hydrogen-bond donors (Lipinski definition) is 2. The Bertz CT molecular complexity index is 1650. The summed E-state index contributed by atoms with van der Waals surface area (Å²) < 4.78 is 41.6. The number of aryl methyl sites for hydroxylation is 1. The maximum absolute atomic E-state index is 15.9. The minimum atomic E-state index is -1.55. The minimum Gasteiger partial charge on any atom is -0.494 e. The molecule has 2 aromatic carbocycles. The van der Waals surface area contributed by atoms with Crippen LogP contribution in [0.15, 0.2) is 42.5 Å². The van der Waals surface area contributed by atoms with Gasteiger partial charge in [0.15, 0.2) is 5.82 Å². The summed E-state index contributed by atoms with van der Waals surface area (Å²) in [6.45, 7) is 7.26. The molecule has 2 aromatic heterocycles. The smallest absolute Gasteiger partial charge is 0.248 e. The molecule has 8 nitrogen and oxygen atoms in total. The van der Waals surface area contributed by atoms with Crippen molar-refractivity contribution in [3.8, 4) is 17.0 Å². The van der Waals surface area contributed by atoms with Crippen molar-refractivity contribution in [3.05, 3.63) is 82.2 Å². The number of ether oxygens (including phenoxy) is 2. The molecule has 2 atom stereocenters. The third kappa shape index (κ3) is 5.02. The van der Waals surface area contributed by atoms with Crippen LogP contribution < -0.4 is 10.5 Å². The Kier molecular flexibility index (Phi) is 7.25. The lowest BCUT2D eigenvalue weighted by Crippen LogP contribution is -2.36. The fraction of sp³-hybridized carbons (Fsp3) is 0.355. The minimum absolute atomic E-state index is 0.0196. The summed E-state index contributed by atoms with van der Waals surface area (Å²) in [4.78, 5) is 16.9. The van der Waals surface area contributed by atoms with Crippen molar-refractivity contribution in [2.75, 3.05) is 13.7 Å². The van der Waals surface area contributed by atoms with E-state index in [9.17, 15) is 14.3 Å². The molecule has 0 saturated carbocycles. The van der Waals surface area contributed by atoms with Crippen LogP contribution in [0, 0.1) is 24.5 Å². The number of pyridine rings is 1.